The molecule has 0 aliphatic rings. The van der Waals surface area contributed by atoms with E-state index in [0.717, 1.165) is 24.1 Å². The summed E-state index contributed by atoms with van der Waals surface area (Å²) in [7, 11) is 1.65. The van der Waals surface area contributed by atoms with Crippen molar-refractivity contribution < 1.29 is 8.78 Å². The second kappa shape index (κ2) is 9.68. The predicted octanol–water partition coefficient (Wildman–Crippen LogP) is 4.28. The molecular weight excluding hydrogens is 461 g/mol. The van der Waals surface area contributed by atoms with Gasteiger partial charge >= 0.3 is 0 Å². The van der Waals surface area contributed by atoms with Crippen molar-refractivity contribution in [3.63, 3.8) is 0 Å². The van der Waals surface area contributed by atoms with E-state index in [1.165, 1.54) is 22.6 Å². The SMILES string of the molecule is CN=C(NCCc1c[nH]c2c(C)cccc12)NCc1cc(F)ccc1F.I. The molecule has 0 spiro atoms. The van der Waals surface area contributed by atoms with E-state index >= 15 is 0 Å². The number of H-pyrrole nitrogens is 1. The second-order valence-electron chi connectivity index (χ2n) is 6.15. The molecule has 0 bridgehead atoms. The first-order valence-corrected chi connectivity index (χ1v) is 8.52. The fourth-order valence-electron chi connectivity index (χ4n) is 2.96. The number of aliphatic imine (C=N–C) groups is 1. The van der Waals surface area contributed by atoms with Gasteiger partial charge in [-0.15, -0.1) is 24.0 Å². The average molecular weight is 484 g/mol. The van der Waals surface area contributed by atoms with E-state index in [1.807, 2.05) is 6.20 Å². The van der Waals surface area contributed by atoms with Gasteiger partial charge in [0.25, 0.3) is 0 Å². The molecular formula is C20H23F2IN4. The summed E-state index contributed by atoms with van der Waals surface area (Å²) in [6.07, 6.45) is 2.84. The smallest absolute Gasteiger partial charge is 0.191 e. The number of nitrogens with one attached hydrogen (secondary N) is 3. The molecule has 0 unspecified atom stereocenters. The molecule has 7 heteroatoms. The van der Waals surface area contributed by atoms with Gasteiger partial charge in [-0.2, -0.15) is 0 Å². The van der Waals surface area contributed by atoms with Crippen molar-refractivity contribution >= 4 is 40.8 Å². The number of para-hydroxylation sites is 1. The van der Waals surface area contributed by atoms with Crippen molar-refractivity contribution in [1.29, 1.82) is 0 Å². The molecule has 0 saturated carbocycles. The minimum atomic E-state index is -0.458. The van der Waals surface area contributed by atoms with E-state index in [4.69, 9.17) is 0 Å². The van der Waals surface area contributed by atoms with Gasteiger partial charge in [0.15, 0.2) is 5.96 Å². The van der Waals surface area contributed by atoms with Crippen molar-refractivity contribution in [3.8, 4) is 0 Å². The van der Waals surface area contributed by atoms with Crippen molar-refractivity contribution in [2.45, 2.75) is 19.9 Å². The van der Waals surface area contributed by atoms with Gasteiger partial charge in [0.05, 0.1) is 0 Å². The first-order valence-electron chi connectivity index (χ1n) is 8.52. The molecule has 0 atom stereocenters. The third kappa shape index (κ3) is 5.18. The topological polar surface area (TPSA) is 52.2 Å². The summed E-state index contributed by atoms with van der Waals surface area (Å²) in [5.41, 5.74) is 3.87. The van der Waals surface area contributed by atoms with Crippen LogP contribution in [-0.2, 0) is 13.0 Å². The van der Waals surface area contributed by atoms with Gasteiger partial charge in [0.1, 0.15) is 11.6 Å². The monoisotopic (exact) mass is 484 g/mol. The van der Waals surface area contributed by atoms with E-state index in [2.05, 4.69) is 45.7 Å². The zero-order chi connectivity index (χ0) is 18.5. The molecule has 3 N–H and O–H groups in total. The van der Waals surface area contributed by atoms with Crippen LogP contribution >= 0.6 is 24.0 Å². The Bertz CT molecular complexity index is 937. The van der Waals surface area contributed by atoms with Gasteiger partial charge in [-0.05, 0) is 42.7 Å². The van der Waals surface area contributed by atoms with E-state index in [9.17, 15) is 8.78 Å². The molecule has 3 aromatic rings. The summed E-state index contributed by atoms with van der Waals surface area (Å²) in [5, 5.41) is 7.42. The van der Waals surface area contributed by atoms with Crippen molar-refractivity contribution in [2.75, 3.05) is 13.6 Å². The highest BCUT2D eigenvalue weighted by Crippen LogP contribution is 2.21. The van der Waals surface area contributed by atoms with E-state index < -0.39 is 11.6 Å². The Kier molecular flexibility index (Phi) is 7.58. The Balaban J connectivity index is 0.00000261. The quantitative estimate of drug-likeness (QED) is 0.288. The number of hydrogen-bond acceptors (Lipinski definition) is 1. The zero-order valence-electron chi connectivity index (χ0n) is 15.3. The third-order valence-corrected chi connectivity index (χ3v) is 4.37. The summed E-state index contributed by atoms with van der Waals surface area (Å²) in [5.74, 6) is -0.353. The highest BCUT2D eigenvalue weighted by Gasteiger charge is 2.07. The molecule has 0 amide bonds. The lowest BCUT2D eigenvalue weighted by Gasteiger charge is -2.12. The lowest BCUT2D eigenvalue weighted by molar-refractivity contribution is 0.581. The number of rotatable bonds is 5. The molecule has 144 valence electrons. The van der Waals surface area contributed by atoms with Crippen LogP contribution in [0.5, 0.6) is 0 Å². The second-order valence-corrected chi connectivity index (χ2v) is 6.15. The molecule has 0 saturated heterocycles. The number of hydrogen-bond donors (Lipinski definition) is 3. The summed E-state index contributed by atoms with van der Waals surface area (Å²) in [4.78, 5) is 7.44. The Labute approximate surface area is 174 Å². The summed E-state index contributed by atoms with van der Waals surface area (Å²) >= 11 is 0. The highest BCUT2D eigenvalue weighted by atomic mass is 127. The largest absolute Gasteiger partial charge is 0.361 e. The Hall–Kier alpha value is -2.16. The molecule has 1 heterocycles. The summed E-state index contributed by atoms with van der Waals surface area (Å²) < 4.78 is 26.9. The fraction of sp³-hybridized carbons (Fsp3) is 0.250. The summed E-state index contributed by atoms with van der Waals surface area (Å²) in [6, 6.07) is 9.66. The molecule has 4 nitrogen and oxygen atoms in total. The number of aromatic nitrogens is 1. The number of guanidine groups is 1. The Morgan fingerprint density at radius 3 is 2.70 bits per heavy atom. The maximum atomic E-state index is 13.7. The number of fused-ring (bicyclic) bond motifs is 1. The third-order valence-electron chi connectivity index (χ3n) is 4.37. The average Bonchev–Trinajstić information content (AvgIpc) is 3.05. The molecule has 0 aliphatic carbocycles. The van der Waals surface area contributed by atoms with Crippen LogP contribution in [0.1, 0.15) is 16.7 Å². The summed E-state index contributed by atoms with van der Waals surface area (Å²) in [6.45, 7) is 2.92. The maximum absolute atomic E-state index is 13.7. The van der Waals surface area contributed by atoms with Gasteiger partial charge in [-0.3, -0.25) is 4.99 Å². The lowest BCUT2D eigenvalue weighted by atomic mass is 10.1. The standard InChI is InChI=1S/C20H22F2N4.HI/c1-13-4-3-5-17-14(11-25-19(13)17)8-9-24-20(23-2)26-12-15-10-16(21)6-7-18(15)22;/h3-7,10-11,25H,8-9,12H2,1-2H3,(H2,23,24,26);1H. The number of nitrogens with zero attached hydrogens (tertiary/aromatic N) is 1. The molecule has 0 radical (unpaired) electrons. The van der Waals surface area contributed by atoms with Gasteiger partial charge < -0.3 is 15.6 Å². The van der Waals surface area contributed by atoms with Crippen LogP contribution in [0.4, 0.5) is 8.78 Å². The minimum Gasteiger partial charge on any atom is -0.361 e. The molecule has 0 fully saturated rings. The van der Waals surface area contributed by atoms with E-state index in [1.54, 1.807) is 7.05 Å². The number of benzene rings is 2. The van der Waals surface area contributed by atoms with Crippen LogP contribution in [-0.4, -0.2) is 24.5 Å². The van der Waals surface area contributed by atoms with Crippen LogP contribution < -0.4 is 10.6 Å². The van der Waals surface area contributed by atoms with E-state index in [-0.39, 0.29) is 36.1 Å². The molecule has 0 aliphatic heterocycles. The van der Waals surface area contributed by atoms with Crippen LogP contribution in [0, 0.1) is 18.6 Å². The van der Waals surface area contributed by atoms with Crippen LogP contribution in [0.3, 0.4) is 0 Å². The van der Waals surface area contributed by atoms with Crippen LogP contribution in [0.2, 0.25) is 0 Å². The Morgan fingerprint density at radius 2 is 1.93 bits per heavy atom. The molecule has 2 aromatic carbocycles. The van der Waals surface area contributed by atoms with Crippen molar-refractivity contribution in [1.82, 2.24) is 15.6 Å². The molecule has 3 rings (SSSR count). The molecule has 1 aromatic heterocycles. The zero-order valence-corrected chi connectivity index (χ0v) is 17.6. The number of aryl methyl sites for hydroxylation is 1. The number of aromatic amines is 1. The highest BCUT2D eigenvalue weighted by molar-refractivity contribution is 14.0. The minimum absolute atomic E-state index is 0. The first kappa shape index (κ1) is 21.1. The van der Waals surface area contributed by atoms with E-state index in [0.29, 0.717) is 12.5 Å². The first-order chi connectivity index (χ1) is 12.6. The maximum Gasteiger partial charge on any atom is 0.191 e. The van der Waals surface area contributed by atoms with Crippen LogP contribution in [0.15, 0.2) is 47.6 Å². The Morgan fingerprint density at radius 1 is 1.11 bits per heavy atom. The van der Waals surface area contributed by atoms with Crippen molar-refractivity contribution in [3.05, 3.63) is 70.9 Å². The molecule has 27 heavy (non-hydrogen) atoms. The number of halogens is 3. The lowest BCUT2D eigenvalue weighted by Crippen LogP contribution is -2.38. The van der Waals surface area contributed by atoms with Gasteiger partial charge in [0, 0.05) is 42.8 Å². The van der Waals surface area contributed by atoms with Gasteiger partial charge in [-0.1, -0.05) is 18.2 Å². The predicted molar refractivity (Wildman–Crippen MR) is 117 cm³/mol. The van der Waals surface area contributed by atoms with Gasteiger partial charge in [-0.25, -0.2) is 8.78 Å². The van der Waals surface area contributed by atoms with Gasteiger partial charge in [0.2, 0.25) is 0 Å². The fourth-order valence-corrected chi connectivity index (χ4v) is 2.96. The van der Waals surface area contributed by atoms with Crippen molar-refractivity contribution in [2.24, 2.45) is 4.99 Å². The van der Waals surface area contributed by atoms with Crippen LogP contribution in [0.25, 0.3) is 10.9 Å². The normalized spacial score (nSPS) is 11.3.